The fourth-order valence-electron chi connectivity index (χ4n) is 1.97. The zero-order valence-corrected chi connectivity index (χ0v) is 13.8. The van der Waals surface area contributed by atoms with Gasteiger partial charge in [-0.25, -0.2) is 4.79 Å². The van der Waals surface area contributed by atoms with Gasteiger partial charge in [-0.1, -0.05) is 24.8 Å². The largest absolute Gasteiger partial charge is 0.423 e. The minimum Gasteiger partial charge on any atom is -0.423 e. The number of ether oxygens (including phenoxy) is 1. The maximum atomic E-state index is 11.2. The molecule has 0 aromatic heterocycles. The van der Waals surface area contributed by atoms with Crippen molar-refractivity contribution in [3.8, 4) is 11.8 Å². The van der Waals surface area contributed by atoms with Gasteiger partial charge < -0.3 is 4.74 Å². The van der Waals surface area contributed by atoms with E-state index < -0.39 is 5.97 Å². The second-order valence-corrected chi connectivity index (χ2v) is 5.10. The summed E-state index contributed by atoms with van der Waals surface area (Å²) in [4.78, 5) is 11.2. The van der Waals surface area contributed by atoms with Gasteiger partial charge in [0.2, 0.25) is 0 Å². The van der Waals surface area contributed by atoms with Crippen LogP contribution in [0.2, 0.25) is 0 Å². The number of carbonyl (C=O) groups excluding carboxylic acids is 1. The molecule has 0 spiro atoms. The molecule has 124 valence electrons. The molecule has 0 aliphatic carbocycles. The number of nitrogens with zero attached hydrogens (tertiary/aromatic N) is 2. The van der Waals surface area contributed by atoms with Crippen molar-refractivity contribution in [1.29, 1.82) is 5.26 Å². The highest BCUT2D eigenvalue weighted by Gasteiger charge is 2.03. The van der Waals surface area contributed by atoms with Crippen LogP contribution in [0.4, 0.5) is 0 Å². The van der Waals surface area contributed by atoms with Gasteiger partial charge in [0.15, 0.2) is 0 Å². The maximum absolute atomic E-state index is 11.2. The maximum Gasteiger partial charge on any atom is 0.335 e. The van der Waals surface area contributed by atoms with Crippen molar-refractivity contribution >= 4 is 18.3 Å². The number of nitriles is 1. The lowest BCUT2D eigenvalue weighted by Gasteiger charge is -2.06. The van der Waals surface area contributed by atoms with E-state index in [0.717, 1.165) is 22.8 Å². The summed E-state index contributed by atoms with van der Waals surface area (Å²) in [6.07, 6.45) is 6.34. The third kappa shape index (κ3) is 5.48. The average Bonchev–Trinajstić information content (AvgIpc) is 2.64. The summed E-state index contributed by atoms with van der Waals surface area (Å²) in [7, 11) is 0. The molecule has 1 N–H and O–H groups in total. The molecule has 2 aromatic carbocycles. The summed E-state index contributed by atoms with van der Waals surface area (Å²) >= 11 is 0. The second kappa shape index (κ2) is 8.85. The minimum atomic E-state index is -0.481. The van der Waals surface area contributed by atoms with E-state index in [4.69, 9.17) is 10.00 Å². The smallest absolute Gasteiger partial charge is 0.335 e. The van der Waals surface area contributed by atoms with Crippen LogP contribution in [-0.4, -0.2) is 12.2 Å². The number of nitrogens with one attached hydrogen (secondary N) is 1. The highest BCUT2D eigenvalue weighted by atomic mass is 16.5. The molecule has 0 atom stereocenters. The summed E-state index contributed by atoms with van der Waals surface area (Å²) in [6.45, 7) is 5.23. The number of hydrazone groups is 1. The highest BCUT2D eigenvalue weighted by molar-refractivity contribution is 5.83. The van der Waals surface area contributed by atoms with Crippen LogP contribution in [0.1, 0.15) is 22.3 Å². The summed E-state index contributed by atoms with van der Waals surface area (Å²) in [5.74, 6) is 0.0269. The van der Waals surface area contributed by atoms with Gasteiger partial charge in [-0.15, -0.1) is 0 Å². The zero-order valence-electron chi connectivity index (χ0n) is 13.8. The third-order valence-corrected chi connectivity index (χ3v) is 3.25. The molecule has 0 amide bonds. The number of rotatable bonds is 6. The van der Waals surface area contributed by atoms with E-state index in [0.29, 0.717) is 11.3 Å². The van der Waals surface area contributed by atoms with Crippen LogP contribution in [0.25, 0.3) is 6.08 Å². The number of hydrogen-bond donors (Lipinski definition) is 1. The van der Waals surface area contributed by atoms with Crippen LogP contribution >= 0.6 is 0 Å². The molecule has 0 aliphatic heterocycles. The van der Waals surface area contributed by atoms with Crippen LogP contribution < -0.4 is 10.2 Å². The number of carbonyl (C=O) groups is 1. The molecule has 0 bridgehead atoms. The first-order chi connectivity index (χ1) is 12.1. The fourth-order valence-corrected chi connectivity index (χ4v) is 1.97. The Bertz CT molecular complexity index is 860. The Morgan fingerprint density at radius 3 is 2.60 bits per heavy atom. The molecule has 0 heterocycles. The van der Waals surface area contributed by atoms with E-state index in [9.17, 15) is 4.79 Å². The van der Waals surface area contributed by atoms with Gasteiger partial charge in [-0.05, 0) is 54.0 Å². The predicted octanol–water partition coefficient (Wildman–Crippen LogP) is 3.55. The second-order valence-electron chi connectivity index (χ2n) is 5.10. The quantitative estimate of drug-likeness (QED) is 0.289. The number of esters is 1. The Labute approximate surface area is 146 Å². The molecular weight excluding hydrogens is 314 g/mol. The topological polar surface area (TPSA) is 74.5 Å². The first kappa shape index (κ1) is 17.7. The lowest BCUT2D eigenvalue weighted by molar-refractivity contribution is -0.129. The number of hydrogen-bond acceptors (Lipinski definition) is 5. The van der Waals surface area contributed by atoms with E-state index in [1.54, 1.807) is 30.6 Å². The molecule has 0 aliphatic rings. The molecule has 25 heavy (non-hydrogen) atoms. The van der Waals surface area contributed by atoms with Crippen LogP contribution in [0, 0.1) is 18.3 Å². The van der Waals surface area contributed by atoms with E-state index in [1.807, 2.05) is 37.3 Å². The van der Waals surface area contributed by atoms with Gasteiger partial charge in [-0.2, -0.15) is 10.4 Å². The molecule has 2 aromatic rings. The fraction of sp³-hybridized carbons (Fsp3) is 0.0500. The van der Waals surface area contributed by atoms with Crippen LogP contribution in [0.5, 0.6) is 5.75 Å². The third-order valence-electron chi connectivity index (χ3n) is 3.25. The lowest BCUT2D eigenvalue weighted by Crippen LogP contribution is -2.04. The Morgan fingerprint density at radius 2 is 1.96 bits per heavy atom. The summed E-state index contributed by atoms with van der Waals surface area (Å²) in [5, 5.41) is 12.8. The van der Waals surface area contributed by atoms with Crippen molar-refractivity contribution < 1.29 is 9.53 Å². The van der Waals surface area contributed by atoms with Gasteiger partial charge in [0.05, 0.1) is 17.8 Å². The SMILES string of the molecule is C=CC(=O)Oc1ccc(/C=C/N/N=C/c2ccc(C#N)cc2)cc1C. The van der Waals surface area contributed by atoms with Crippen molar-refractivity contribution in [3.05, 3.63) is 83.6 Å². The standard InChI is InChI=1S/C20H17N3O2/c1-3-20(24)25-19-9-8-16(12-15(19)2)10-11-22-23-14-18-6-4-17(13-21)5-7-18/h3-12,14,22H,1H2,2H3/b11-10+,23-14+. The Kier molecular flexibility index (Phi) is 6.26. The van der Waals surface area contributed by atoms with Gasteiger partial charge in [0.25, 0.3) is 0 Å². The van der Waals surface area contributed by atoms with Crippen molar-refractivity contribution in [3.63, 3.8) is 0 Å². The molecule has 0 unspecified atom stereocenters. The first-order valence-electron chi connectivity index (χ1n) is 7.52. The summed E-state index contributed by atoms with van der Waals surface area (Å²) in [5.41, 5.74) is 6.11. The predicted molar refractivity (Wildman–Crippen MR) is 97.9 cm³/mol. The average molecular weight is 331 g/mol. The molecule has 5 heteroatoms. The zero-order chi connectivity index (χ0) is 18.1. The van der Waals surface area contributed by atoms with Crippen molar-refractivity contribution in [2.45, 2.75) is 6.92 Å². The normalized spacial score (nSPS) is 10.6. The lowest BCUT2D eigenvalue weighted by atomic mass is 10.1. The Balaban J connectivity index is 1.92. The van der Waals surface area contributed by atoms with Crippen LogP contribution in [0.3, 0.4) is 0 Å². The van der Waals surface area contributed by atoms with Gasteiger partial charge >= 0.3 is 5.97 Å². The van der Waals surface area contributed by atoms with Gasteiger partial charge in [0.1, 0.15) is 5.75 Å². The van der Waals surface area contributed by atoms with E-state index in [-0.39, 0.29) is 0 Å². The van der Waals surface area contributed by atoms with E-state index in [2.05, 4.69) is 23.2 Å². The van der Waals surface area contributed by atoms with Gasteiger partial charge in [0, 0.05) is 12.3 Å². The first-order valence-corrected chi connectivity index (χ1v) is 7.52. The molecule has 0 fully saturated rings. The highest BCUT2D eigenvalue weighted by Crippen LogP contribution is 2.20. The van der Waals surface area contributed by atoms with Gasteiger partial charge in [-0.3, -0.25) is 5.43 Å². The van der Waals surface area contributed by atoms with Crippen LogP contribution in [-0.2, 0) is 4.79 Å². The van der Waals surface area contributed by atoms with Crippen LogP contribution in [0.15, 0.2) is 66.4 Å². The molecule has 5 nitrogen and oxygen atoms in total. The van der Waals surface area contributed by atoms with Crippen molar-refractivity contribution in [2.24, 2.45) is 5.10 Å². The number of benzene rings is 2. The molecule has 0 saturated carbocycles. The molecule has 0 radical (unpaired) electrons. The molecule has 0 saturated heterocycles. The molecule has 2 rings (SSSR count). The monoisotopic (exact) mass is 331 g/mol. The Hall–Kier alpha value is -3.65. The van der Waals surface area contributed by atoms with E-state index >= 15 is 0 Å². The van der Waals surface area contributed by atoms with Crippen molar-refractivity contribution in [1.82, 2.24) is 5.43 Å². The minimum absolute atomic E-state index is 0.481. The van der Waals surface area contributed by atoms with E-state index in [1.165, 1.54) is 0 Å². The number of aryl methyl sites for hydroxylation is 1. The van der Waals surface area contributed by atoms with Crippen molar-refractivity contribution in [2.75, 3.05) is 0 Å². The summed E-state index contributed by atoms with van der Waals surface area (Å²) < 4.78 is 5.12. The summed E-state index contributed by atoms with van der Waals surface area (Å²) in [6, 6.07) is 14.6. The Morgan fingerprint density at radius 1 is 1.24 bits per heavy atom. The molecular formula is C20H17N3O2.